The molecule has 1 aliphatic heterocycles. The molecule has 1 aliphatic rings. The van der Waals surface area contributed by atoms with Crippen LogP contribution in [0.4, 0.5) is 10.2 Å². The van der Waals surface area contributed by atoms with Crippen molar-refractivity contribution in [2.45, 2.75) is 26.8 Å². The molecule has 0 spiro atoms. The monoisotopic (exact) mass is 436 g/mol. The fraction of sp³-hybridized carbons (Fsp3) is 0.227. The molecular weight excluding hydrogens is 419 g/mol. The molecule has 0 aromatic carbocycles. The Labute approximate surface area is 182 Å². The van der Waals surface area contributed by atoms with Crippen LogP contribution in [0.5, 0.6) is 0 Å². The van der Waals surface area contributed by atoms with Crippen LogP contribution in [0, 0.1) is 19.7 Å². The van der Waals surface area contributed by atoms with Gasteiger partial charge in [-0.15, -0.1) is 5.10 Å². The molecule has 5 rings (SSSR count). The minimum Gasteiger partial charge on any atom is -0.350 e. The van der Waals surface area contributed by atoms with Gasteiger partial charge < -0.3 is 4.90 Å². The highest BCUT2D eigenvalue weighted by Gasteiger charge is 2.23. The van der Waals surface area contributed by atoms with E-state index in [1.165, 1.54) is 29.0 Å². The van der Waals surface area contributed by atoms with Gasteiger partial charge in [0.25, 0.3) is 5.56 Å². The van der Waals surface area contributed by atoms with Crippen LogP contribution in [-0.2, 0) is 13.0 Å². The fourth-order valence-corrected chi connectivity index (χ4v) is 4.01. The Balaban J connectivity index is 1.55. The smallest absolute Gasteiger partial charge is 0.274 e. The molecule has 0 amide bonds. The largest absolute Gasteiger partial charge is 0.350 e. The molecule has 0 saturated heterocycles. The standard InChI is InChI=1S/C22H18ClFN6O/c1-12-13(2)22(28-30-19(31)3-5-25-21(12)30)29-6-4-18-16(11-29)7-14(9-26-18)15-8-17(24)20(23)27-10-15/h3,5,7-10H,4,6,11H2,1-2H3. The van der Waals surface area contributed by atoms with Gasteiger partial charge in [0.15, 0.2) is 22.4 Å². The normalized spacial score (nSPS) is 13.5. The number of halogens is 2. The number of aryl methyl sites for hydroxylation is 1. The average Bonchev–Trinajstić information content (AvgIpc) is 2.78. The zero-order valence-corrected chi connectivity index (χ0v) is 17.7. The van der Waals surface area contributed by atoms with Gasteiger partial charge in [-0.2, -0.15) is 4.52 Å². The Bertz CT molecular complexity index is 1400. The van der Waals surface area contributed by atoms with Crippen molar-refractivity contribution in [2.24, 2.45) is 0 Å². The molecular formula is C22H18ClFN6O. The number of anilines is 1. The Morgan fingerprint density at radius 1 is 1.06 bits per heavy atom. The van der Waals surface area contributed by atoms with Crippen molar-refractivity contribution in [3.8, 4) is 11.1 Å². The van der Waals surface area contributed by atoms with Crippen molar-refractivity contribution >= 4 is 23.1 Å². The van der Waals surface area contributed by atoms with Gasteiger partial charge in [-0.1, -0.05) is 11.6 Å². The summed E-state index contributed by atoms with van der Waals surface area (Å²) in [5, 5.41) is 4.45. The lowest BCUT2D eigenvalue weighted by Crippen LogP contribution is -2.33. The Morgan fingerprint density at radius 3 is 2.65 bits per heavy atom. The van der Waals surface area contributed by atoms with Gasteiger partial charge in [-0.05, 0) is 31.5 Å². The SMILES string of the molecule is Cc1c(N2CCc3ncc(-c4cnc(Cl)c(F)c4)cc3C2)nn2c(=O)ccnc2c1C. The highest BCUT2D eigenvalue weighted by atomic mass is 35.5. The quantitative estimate of drug-likeness (QED) is 0.447. The van der Waals surface area contributed by atoms with E-state index in [2.05, 4.69) is 25.0 Å². The average molecular weight is 437 g/mol. The van der Waals surface area contributed by atoms with Crippen LogP contribution in [0.15, 0.2) is 41.6 Å². The molecule has 5 heterocycles. The predicted octanol–water partition coefficient (Wildman–Crippen LogP) is 3.52. The molecule has 9 heteroatoms. The number of fused-ring (bicyclic) bond motifs is 2. The highest BCUT2D eigenvalue weighted by Crippen LogP contribution is 2.30. The molecule has 4 aromatic rings. The zero-order chi connectivity index (χ0) is 21.7. The van der Waals surface area contributed by atoms with E-state index in [1.54, 1.807) is 6.20 Å². The fourth-order valence-electron chi connectivity index (χ4n) is 3.90. The molecule has 0 atom stereocenters. The molecule has 156 valence electrons. The van der Waals surface area contributed by atoms with E-state index in [4.69, 9.17) is 11.6 Å². The van der Waals surface area contributed by atoms with Crippen LogP contribution < -0.4 is 10.5 Å². The van der Waals surface area contributed by atoms with Gasteiger partial charge >= 0.3 is 0 Å². The minimum absolute atomic E-state index is 0.154. The summed E-state index contributed by atoms with van der Waals surface area (Å²) in [5.41, 5.74) is 5.65. The van der Waals surface area contributed by atoms with Gasteiger partial charge in [0.2, 0.25) is 0 Å². The second kappa shape index (κ2) is 7.39. The van der Waals surface area contributed by atoms with E-state index in [9.17, 15) is 9.18 Å². The molecule has 0 N–H and O–H groups in total. The Morgan fingerprint density at radius 2 is 1.84 bits per heavy atom. The molecule has 0 unspecified atom stereocenters. The summed E-state index contributed by atoms with van der Waals surface area (Å²) in [7, 11) is 0. The number of aromatic nitrogens is 5. The van der Waals surface area contributed by atoms with Gasteiger partial charge in [0.05, 0.1) is 0 Å². The first-order valence-electron chi connectivity index (χ1n) is 9.82. The summed E-state index contributed by atoms with van der Waals surface area (Å²) in [6.45, 7) is 5.24. The molecule has 4 aromatic heterocycles. The molecule has 0 fully saturated rings. The topological polar surface area (TPSA) is 76.3 Å². The Hall–Kier alpha value is -3.39. The second-order valence-electron chi connectivity index (χ2n) is 7.59. The van der Waals surface area contributed by atoms with Crippen molar-refractivity contribution < 1.29 is 4.39 Å². The van der Waals surface area contributed by atoms with E-state index in [0.717, 1.165) is 46.7 Å². The molecule has 7 nitrogen and oxygen atoms in total. The van der Waals surface area contributed by atoms with Gasteiger partial charge in [0.1, 0.15) is 0 Å². The van der Waals surface area contributed by atoms with Crippen LogP contribution >= 0.6 is 11.6 Å². The van der Waals surface area contributed by atoms with Crippen molar-refractivity contribution in [1.82, 2.24) is 24.6 Å². The third kappa shape index (κ3) is 3.33. The van der Waals surface area contributed by atoms with E-state index in [-0.39, 0.29) is 10.7 Å². The van der Waals surface area contributed by atoms with Crippen LogP contribution in [0.25, 0.3) is 16.8 Å². The van der Waals surface area contributed by atoms with Gasteiger partial charge in [0, 0.05) is 72.1 Å². The number of pyridine rings is 2. The summed E-state index contributed by atoms with van der Waals surface area (Å²) < 4.78 is 15.2. The molecule has 0 saturated carbocycles. The maximum Gasteiger partial charge on any atom is 0.274 e. The summed E-state index contributed by atoms with van der Waals surface area (Å²) >= 11 is 5.71. The third-order valence-electron chi connectivity index (χ3n) is 5.72. The molecule has 31 heavy (non-hydrogen) atoms. The number of hydrogen-bond acceptors (Lipinski definition) is 6. The zero-order valence-electron chi connectivity index (χ0n) is 16.9. The lowest BCUT2D eigenvalue weighted by atomic mass is 10.0. The molecule has 0 aliphatic carbocycles. The van der Waals surface area contributed by atoms with Crippen LogP contribution in [0.2, 0.25) is 5.15 Å². The van der Waals surface area contributed by atoms with Crippen molar-refractivity contribution in [3.63, 3.8) is 0 Å². The first kappa shape index (κ1) is 19.6. The van der Waals surface area contributed by atoms with Gasteiger partial charge in [-0.3, -0.25) is 9.78 Å². The van der Waals surface area contributed by atoms with Crippen LogP contribution in [0.3, 0.4) is 0 Å². The van der Waals surface area contributed by atoms with Crippen molar-refractivity contribution in [1.29, 1.82) is 0 Å². The van der Waals surface area contributed by atoms with E-state index in [0.29, 0.717) is 17.8 Å². The van der Waals surface area contributed by atoms with Crippen molar-refractivity contribution in [2.75, 3.05) is 11.4 Å². The summed E-state index contributed by atoms with van der Waals surface area (Å²) in [5.74, 6) is 0.180. The maximum atomic E-state index is 13.9. The first-order chi connectivity index (χ1) is 14.9. The lowest BCUT2D eigenvalue weighted by Gasteiger charge is -2.31. The van der Waals surface area contributed by atoms with E-state index < -0.39 is 5.82 Å². The third-order valence-corrected chi connectivity index (χ3v) is 6.00. The molecule has 0 bridgehead atoms. The minimum atomic E-state index is -0.566. The number of nitrogens with zero attached hydrogens (tertiary/aromatic N) is 6. The summed E-state index contributed by atoms with van der Waals surface area (Å²) in [6, 6.07) is 4.76. The van der Waals surface area contributed by atoms with Gasteiger partial charge in [-0.25, -0.2) is 14.4 Å². The Kier molecular flexibility index (Phi) is 4.66. The van der Waals surface area contributed by atoms with E-state index in [1.807, 2.05) is 19.9 Å². The lowest BCUT2D eigenvalue weighted by molar-refractivity contribution is 0.622. The number of rotatable bonds is 2. The number of hydrogen-bond donors (Lipinski definition) is 0. The summed E-state index contributed by atoms with van der Waals surface area (Å²) in [6.07, 6.45) is 5.51. The predicted molar refractivity (Wildman–Crippen MR) is 116 cm³/mol. The first-order valence-corrected chi connectivity index (χ1v) is 10.2. The highest BCUT2D eigenvalue weighted by molar-refractivity contribution is 6.29. The van der Waals surface area contributed by atoms with Crippen molar-refractivity contribution in [3.05, 3.63) is 80.5 Å². The summed E-state index contributed by atoms with van der Waals surface area (Å²) in [4.78, 5) is 27.2. The van der Waals surface area contributed by atoms with Crippen LogP contribution in [0.1, 0.15) is 22.4 Å². The maximum absolute atomic E-state index is 13.9. The molecule has 0 radical (unpaired) electrons. The second-order valence-corrected chi connectivity index (χ2v) is 7.95. The van der Waals surface area contributed by atoms with E-state index >= 15 is 0 Å². The van der Waals surface area contributed by atoms with Crippen LogP contribution in [-0.4, -0.2) is 31.1 Å².